The largest absolute Gasteiger partial charge is 0.344 e. The summed E-state index contributed by atoms with van der Waals surface area (Å²) in [6.07, 6.45) is 2.14. The molecule has 1 unspecified atom stereocenters. The molecule has 1 rings (SSSR count). The number of rotatable bonds is 3. The van der Waals surface area contributed by atoms with Crippen molar-refractivity contribution in [3.63, 3.8) is 0 Å². The molecule has 0 radical (unpaired) electrons. The molecule has 2 amide bonds. The first kappa shape index (κ1) is 11.4. The van der Waals surface area contributed by atoms with Crippen molar-refractivity contribution in [3.05, 3.63) is 0 Å². The lowest BCUT2D eigenvalue weighted by molar-refractivity contribution is -0.134. The number of amides is 2. The Morgan fingerprint density at radius 2 is 2.00 bits per heavy atom. The molecule has 14 heavy (non-hydrogen) atoms. The molecule has 0 aliphatic carbocycles. The summed E-state index contributed by atoms with van der Waals surface area (Å²) in [7, 11) is 0. The van der Waals surface area contributed by atoms with Crippen molar-refractivity contribution in [3.8, 4) is 0 Å². The maximum Gasteiger partial charge on any atom is 0.244 e. The fourth-order valence-electron chi connectivity index (χ4n) is 1.56. The van der Waals surface area contributed by atoms with Crippen molar-refractivity contribution >= 4 is 24.4 Å². The molecule has 4 nitrogen and oxygen atoms in total. The van der Waals surface area contributed by atoms with Gasteiger partial charge in [-0.3, -0.25) is 9.59 Å². The zero-order valence-corrected chi connectivity index (χ0v) is 9.22. The summed E-state index contributed by atoms with van der Waals surface area (Å²) in [6, 6.07) is -0.423. The molecule has 1 N–H and O–H groups in total. The molecule has 0 aromatic rings. The van der Waals surface area contributed by atoms with Crippen molar-refractivity contribution in [1.82, 2.24) is 10.2 Å². The number of nitrogens with one attached hydrogen (secondary N) is 1. The summed E-state index contributed by atoms with van der Waals surface area (Å²) in [4.78, 5) is 24.5. The fraction of sp³-hybridized carbons (Fsp3) is 0.778. The van der Waals surface area contributed by atoms with Gasteiger partial charge >= 0.3 is 0 Å². The van der Waals surface area contributed by atoms with Crippen LogP contribution in [0.5, 0.6) is 0 Å². The molecule has 1 aliphatic rings. The van der Waals surface area contributed by atoms with Gasteiger partial charge < -0.3 is 10.2 Å². The lowest BCUT2D eigenvalue weighted by atomic mass is 10.3. The molecule has 80 valence electrons. The highest BCUT2D eigenvalue weighted by atomic mass is 32.1. The fourth-order valence-corrected chi connectivity index (χ4v) is 1.65. The van der Waals surface area contributed by atoms with Gasteiger partial charge in [-0.2, -0.15) is 12.6 Å². The van der Waals surface area contributed by atoms with Gasteiger partial charge in [-0.1, -0.05) is 0 Å². The molecule has 1 fully saturated rings. The first-order valence-electron chi connectivity index (χ1n) is 4.84. The minimum absolute atomic E-state index is 0.0117. The van der Waals surface area contributed by atoms with Gasteiger partial charge in [0.15, 0.2) is 0 Å². The van der Waals surface area contributed by atoms with Crippen molar-refractivity contribution in [1.29, 1.82) is 0 Å². The SMILES string of the molecule is CC(NC(=O)CS)C(=O)N1CCCC1. The van der Waals surface area contributed by atoms with Gasteiger partial charge in [-0.25, -0.2) is 0 Å². The first-order chi connectivity index (χ1) is 6.65. The van der Waals surface area contributed by atoms with E-state index in [4.69, 9.17) is 0 Å². The molecule has 1 aliphatic heterocycles. The van der Waals surface area contributed by atoms with Crippen molar-refractivity contribution in [2.75, 3.05) is 18.8 Å². The molecular formula is C9H16N2O2S. The van der Waals surface area contributed by atoms with E-state index in [0.29, 0.717) is 0 Å². The van der Waals surface area contributed by atoms with Crippen LogP contribution in [0.3, 0.4) is 0 Å². The summed E-state index contributed by atoms with van der Waals surface area (Å²) >= 11 is 3.83. The lowest BCUT2D eigenvalue weighted by Gasteiger charge is -2.20. The van der Waals surface area contributed by atoms with Crippen LogP contribution < -0.4 is 5.32 Å². The molecule has 1 heterocycles. The summed E-state index contributed by atoms with van der Waals surface area (Å²) in [5.74, 6) is -0.0662. The molecule has 0 bridgehead atoms. The van der Waals surface area contributed by atoms with E-state index in [2.05, 4.69) is 17.9 Å². The molecule has 0 spiro atoms. The van der Waals surface area contributed by atoms with Crippen LogP contribution in [0.15, 0.2) is 0 Å². The highest BCUT2D eigenvalue weighted by molar-refractivity contribution is 7.81. The number of carbonyl (C=O) groups is 2. The third kappa shape index (κ3) is 2.90. The second-order valence-corrected chi connectivity index (χ2v) is 3.80. The smallest absolute Gasteiger partial charge is 0.244 e. The molecule has 0 saturated carbocycles. The van der Waals surface area contributed by atoms with Crippen LogP contribution in [0.2, 0.25) is 0 Å². The third-order valence-corrected chi connectivity index (χ3v) is 2.60. The highest BCUT2D eigenvalue weighted by Crippen LogP contribution is 2.08. The summed E-state index contributed by atoms with van der Waals surface area (Å²) in [5.41, 5.74) is 0. The van der Waals surface area contributed by atoms with Gasteiger partial charge in [0.1, 0.15) is 6.04 Å². The van der Waals surface area contributed by atoms with Gasteiger partial charge in [0.05, 0.1) is 5.75 Å². The Balaban J connectivity index is 2.39. The van der Waals surface area contributed by atoms with Crippen molar-refractivity contribution < 1.29 is 9.59 Å². The minimum Gasteiger partial charge on any atom is -0.344 e. The number of thiol groups is 1. The summed E-state index contributed by atoms with van der Waals surface area (Å²) in [6.45, 7) is 3.35. The maximum absolute atomic E-state index is 11.7. The van der Waals surface area contributed by atoms with E-state index in [1.165, 1.54) is 0 Å². The molecule has 5 heteroatoms. The predicted molar refractivity (Wildman–Crippen MR) is 57.3 cm³/mol. The van der Waals surface area contributed by atoms with Gasteiger partial charge in [-0.15, -0.1) is 0 Å². The predicted octanol–water partition coefficient (Wildman–Crippen LogP) is 0.0433. The maximum atomic E-state index is 11.7. The van der Waals surface area contributed by atoms with Crippen LogP contribution >= 0.6 is 12.6 Å². The van der Waals surface area contributed by atoms with E-state index >= 15 is 0 Å². The summed E-state index contributed by atoms with van der Waals surface area (Å²) in [5, 5.41) is 2.60. The second kappa shape index (κ2) is 5.24. The molecule has 1 saturated heterocycles. The number of likely N-dealkylation sites (tertiary alicyclic amines) is 1. The average Bonchev–Trinajstić information content (AvgIpc) is 2.69. The van der Waals surface area contributed by atoms with Crippen molar-refractivity contribution in [2.24, 2.45) is 0 Å². The van der Waals surface area contributed by atoms with Crippen LogP contribution in [0.4, 0.5) is 0 Å². The van der Waals surface area contributed by atoms with Crippen LogP contribution in [0, 0.1) is 0 Å². The van der Waals surface area contributed by atoms with Gasteiger partial charge in [0, 0.05) is 13.1 Å². The normalized spacial score (nSPS) is 18.0. The second-order valence-electron chi connectivity index (χ2n) is 3.48. The molecule has 1 atom stereocenters. The Kier molecular flexibility index (Phi) is 4.25. The highest BCUT2D eigenvalue weighted by Gasteiger charge is 2.23. The Bertz CT molecular complexity index is 227. The van der Waals surface area contributed by atoms with Gasteiger partial charge in [-0.05, 0) is 19.8 Å². The monoisotopic (exact) mass is 216 g/mol. The Hall–Kier alpha value is -0.710. The van der Waals surface area contributed by atoms with E-state index < -0.39 is 6.04 Å². The van der Waals surface area contributed by atoms with E-state index in [9.17, 15) is 9.59 Å². The minimum atomic E-state index is -0.423. The zero-order chi connectivity index (χ0) is 10.6. The molecule has 0 aromatic heterocycles. The number of nitrogens with zero attached hydrogens (tertiary/aromatic N) is 1. The van der Waals surface area contributed by atoms with E-state index in [-0.39, 0.29) is 17.6 Å². The van der Waals surface area contributed by atoms with Crippen molar-refractivity contribution in [2.45, 2.75) is 25.8 Å². The number of hydrogen-bond donors (Lipinski definition) is 2. The zero-order valence-electron chi connectivity index (χ0n) is 8.32. The van der Waals surface area contributed by atoms with Crippen LogP contribution in [0.1, 0.15) is 19.8 Å². The Morgan fingerprint density at radius 1 is 1.43 bits per heavy atom. The van der Waals surface area contributed by atoms with Crippen LogP contribution in [0.25, 0.3) is 0 Å². The average molecular weight is 216 g/mol. The van der Waals surface area contributed by atoms with E-state index in [0.717, 1.165) is 25.9 Å². The standard InChI is InChI=1S/C9H16N2O2S/c1-7(10-8(12)6-14)9(13)11-4-2-3-5-11/h7,14H,2-6H2,1H3,(H,10,12). The van der Waals surface area contributed by atoms with E-state index in [1.54, 1.807) is 11.8 Å². The van der Waals surface area contributed by atoms with Crippen LogP contribution in [-0.4, -0.2) is 41.6 Å². The number of carbonyl (C=O) groups excluding carboxylic acids is 2. The Labute approximate surface area is 89.4 Å². The topological polar surface area (TPSA) is 49.4 Å². The quantitative estimate of drug-likeness (QED) is 0.655. The first-order valence-corrected chi connectivity index (χ1v) is 5.47. The molecule has 0 aromatic carbocycles. The lowest BCUT2D eigenvalue weighted by Crippen LogP contribution is -2.46. The molecular weight excluding hydrogens is 200 g/mol. The Morgan fingerprint density at radius 3 is 2.50 bits per heavy atom. The summed E-state index contributed by atoms with van der Waals surface area (Å²) < 4.78 is 0. The third-order valence-electron chi connectivity index (χ3n) is 2.31. The van der Waals surface area contributed by atoms with Crippen LogP contribution in [-0.2, 0) is 9.59 Å². The number of hydrogen-bond acceptors (Lipinski definition) is 3. The van der Waals surface area contributed by atoms with E-state index in [1.807, 2.05) is 0 Å². The van der Waals surface area contributed by atoms with Gasteiger partial charge in [0.25, 0.3) is 0 Å². The van der Waals surface area contributed by atoms with Gasteiger partial charge in [0.2, 0.25) is 11.8 Å².